The molecule has 3 rings (SSSR count). The van der Waals surface area contributed by atoms with Crippen molar-refractivity contribution < 1.29 is 9.90 Å². The highest BCUT2D eigenvalue weighted by molar-refractivity contribution is 5.95. The molecule has 0 fully saturated rings. The second-order valence-electron chi connectivity index (χ2n) is 8.51. The maximum atomic E-state index is 13.0. The minimum atomic E-state index is -0.951. The highest BCUT2D eigenvalue weighted by atomic mass is 16.4. The van der Waals surface area contributed by atoms with E-state index >= 15 is 0 Å². The van der Waals surface area contributed by atoms with Crippen LogP contribution in [0.2, 0.25) is 0 Å². The van der Waals surface area contributed by atoms with Crippen LogP contribution in [0.1, 0.15) is 62.3 Å². The zero-order chi connectivity index (χ0) is 21.3. The van der Waals surface area contributed by atoms with Gasteiger partial charge in [-0.2, -0.15) is 5.10 Å². The topological polar surface area (TPSA) is 77.1 Å². The van der Waals surface area contributed by atoms with Gasteiger partial charge in [-0.3, -0.25) is 4.57 Å². The fourth-order valence-corrected chi connectivity index (χ4v) is 3.32. The molecule has 0 aliphatic rings. The SMILES string of the molecule is CC(C)c1nn(C(C)(C)C)c(=O)n1Cc1ccc(-c2ccccc2C(=O)O)cc1. The second-order valence-corrected chi connectivity index (χ2v) is 8.51. The van der Waals surface area contributed by atoms with Crippen LogP contribution in [0.4, 0.5) is 0 Å². The Balaban J connectivity index is 1.97. The molecule has 0 bridgehead atoms. The van der Waals surface area contributed by atoms with Gasteiger partial charge in [0.2, 0.25) is 0 Å². The zero-order valence-corrected chi connectivity index (χ0v) is 17.5. The van der Waals surface area contributed by atoms with Crippen LogP contribution in [-0.2, 0) is 12.1 Å². The lowest BCUT2D eigenvalue weighted by Gasteiger charge is -2.17. The predicted octanol–water partition coefficient (Wildman–Crippen LogP) is 4.34. The lowest BCUT2D eigenvalue weighted by molar-refractivity contribution is 0.0697. The second kappa shape index (κ2) is 7.70. The van der Waals surface area contributed by atoms with E-state index in [1.54, 1.807) is 27.4 Å². The molecule has 1 N–H and O–H groups in total. The van der Waals surface area contributed by atoms with Crippen molar-refractivity contribution in [3.8, 4) is 11.1 Å². The minimum Gasteiger partial charge on any atom is -0.478 e. The van der Waals surface area contributed by atoms with Crippen molar-refractivity contribution in [1.29, 1.82) is 0 Å². The fraction of sp³-hybridized carbons (Fsp3) is 0.348. The molecule has 6 nitrogen and oxygen atoms in total. The first-order valence-electron chi connectivity index (χ1n) is 9.71. The monoisotopic (exact) mass is 393 g/mol. The van der Waals surface area contributed by atoms with E-state index in [-0.39, 0.29) is 17.2 Å². The minimum absolute atomic E-state index is 0.119. The van der Waals surface area contributed by atoms with E-state index in [0.29, 0.717) is 12.1 Å². The van der Waals surface area contributed by atoms with Crippen molar-refractivity contribution in [2.24, 2.45) is 0 Å². The van der Waals surface area contributed by atoms with Crippen LogP contribution < -0.4 is 5.69 Å². The molecule has 0 saturated carbocycles. The van der Waals surface area contributed by atoms with Crippen LogP contribution in [0, 0.1) is 0 Å². The molecule has 0 atom stereocenters. The Bertz CT molecular complexity index is 1080. The average Bonchev–Trinajstić information content (AvgIpc) is 2.99. The van der Waals surface area contributed by atoms with Gasteiger partial charge in [-0.05, 0) is 43.5 Å². The number of rotatable bonds is 5. The standard InChI is InChI=1S/C23H27N3O3/c1-15(2)20-24-26(23(3,4)5)22(29)25(20)14-16-10-12-17(13-11-16)18-8-6-7-9-19(18)21(27)28/h6-13,15H,14H2,1-5H3,(H,27,28). The van der Waals surface area contributed by atoms with E-state index in [1.165, 1.54) is 0 Å². The van der Waals surface area contributed by atoms with Crippen LogP contribution >= 0.6 is 0 Å². The summed E-state index contributed by atoms with van der Waals surface area (Å²) in [4.78, 5) is 24.4. The maximum Gasteiger partial charge on any atom is 0.346 e. The highest BCUT2D eigenvalue weighted by Gasteiger charge is 2.23. The molecular weight excluding hydrogens is 366 g/mol. The van der Waals surface area contributed by atoms with E-state index in [1.807, 2.05) is 65.0 Å². The van der Waals surface area contributed by atoms with E-state index in [9.17, 15) is 14.7 Å². The smallest absolute Gasteiger partial charge is 0.346 e. The molecule has 6 heteroatoms. The Morgan fingerprint density at radius 2 is 1.69 bits per heavy atom. The quantitative estimate of drug-likeness (QED) is 0.700. The number of hydrogen-bond donors (Lipinski definition) is 1. The Labute approximate surface area is 170 Å². The number of carboxylic acid groups (broad SMARTS) is 1. The van der Waals surface area contributed by atoms with Gasteiger partial charge < -0.3 is 5.11 Å². The van der Waals surface area contributed by atoms with E-state index in [0.717, 1.165) is 17.0 Å². The summed E-state index contributed by atoms with van der Waals surface area (Å²) in [6.45, 7) is 10.4. The molecule has 3 aromatic rings. The molecule has 0 unspecified atom stereocenters. The normalized spacial score (nSPS) is 11.8. The van der Waals surface area contributed by atoms with E-state index in [4.69, 9.17) is 0 Å². The van der Waals surface area contributed by atoms with Crippen LogP contribution in [0.3, 0.4) is 0 Å². The summed E-state index contributed by atoms with van der Waals surface area (Å²) in [6.07, 6.45) is 0. The van der Waals surface area contributed by atoms with Crippen molar-refractivity contribution in [2.75, 3.05) is 0 Å². The third-order valence-corrected chi connectivity index (χ3v) is 4.81. The molecular formula is C23H27N3O3. The Morgan fingerprint density at radius 1 is 1.07 bits per heavy atom. The number of nitrogens with zero attached hydrogens (tertiary/aromatic N) is 3. The summed E-state index contributed by atoms with van der Waals surface area (Å²) in [5.41, 5.74) is 2.21. The summed E-state index contributed by atoms with van der Waals surface area (Å²) < 4.78 is 3.26. The van der Waals surface area contributed by atoms with Crippen LogP contribution in [0.15, 0.2) is 53.3 Å². The van der Waals surface area contributed by atoms with Gasteiger partial charge >= 0.3 is 11.7 Å². The van der Waals surface area contributed by atoms with Gasteiger partial charge in [-0.25, -0.2) is 14.3 Å². The summed E-state index contributed by atoms with van der Waals surface area (Å²) in [5.74, 6) is -0.0781. The van der Waals surface area contributed by atoms with Crippen molar-refractivity contribution in [3.63, 3.8) is 0 Å². The molecule has 0 amide bonds. The van der Waals surface area contributed by atoms with E-state index in [2.05, 4.69) is 5.10 Å². The molecule has 0 saturated heterocycles. The maximum absolute atomic E-state index is 13.0. The van der Waals surface area contributed by atoms with Crippen molar-refractivity contribution in [2.45, 2.75) is 52.6 Å². The number of carboxylic acids is 1. The number of aromatic carboxylic acids is 1. The van der Waals surface area contributed by atoms with Gasteiger partial charge in [0.1, 0.15) is 5.82 Å². The summed E-state index contributed by atoms with van der Waals surface area (Å²) >= 11 is 0. The third kappa shape index (κ3) is 4.16. The molecule has 152 valence electrons. The van der Waals surface area contributed by atoms with Crippen molar-refractivity contribution in [3.05, 3.63) is 76.0 Å². The fourth-order valence-electron chi connectivity index (χ4n) is 3.32. The number of hydrogen-bond acceptors (Lipinski definition) is 3. The van der Waals surface area contributed by atoms with Gasteiger partial charge in [0.25, 0.3) is 0 Å². The largest absolute Gasteiger partial charge is 0.478 e. The summed E-state index contributed by atoms with van der Waals surface area (Å²) in [5, 5.41) is 14.0. The summed E-state index contributed by atoms with van der Waals surface area (Å²) in [6, 6.07) is 14.6. The molecule has 2 aromatic carbocycles. The molecule has 0 spiro atoms. The first kappa shape index (κ1) is 20.6. The van der Waals surface area contributed by atoms with Gasteiger partial charge in [-0.1, -0.05) is 56.3 Å². The van der Waals surface area contributed by atoms with Crippen LogP contribution in [-0.4, -0.2) is 25.4 Å². The first-order chi connectivity index (χ1) is 13.6. The molecule has 0 aliphatic carbocycles. The summed E-state index contributed by atoms with van der Waals surface area (Å²) in [7, 11) is 0. The van der Waals surface area contributed by atoms with Gasteiger partial charge in [0.15, 0.2) is 0 Å². The molecule has 0 aliphatic heterocycles. The Kier molecular flexibility index (Phi) is 5.46. The third-order valence-electron chi connectivity index (χ3n) is 4.81. The van der Waals surface area contributed by atoms with Crippen LogP contribution in [0.25, 0.3) is 11.1 Å². The molecule has 1 aromatic heterocycles. The Hall–Kier alpha value is -3.15. The van der Waals surface area contributed by atoms with E-state index < -0.39 is 11.5 Å². The molecule has 29 heavy (non-hydrogen) atoms. The number of carbonyl (C=O) groups is 1. The lowest BCUT2D eigenvalue weighted by Crippen LogP contribution is -2.36. The average molecular weight is 393 g/mol. The van der Waals surface area contributed by atoms with Crippen molar-refractivity contribution in [1.82, 2.24) is 14.3 Å². The number of benzene rings is 2. The Morgan fingerprint density at radius 3 is 2.24 bits per heavy atom. The van der Waals surface area contributed by atoms with Gasteiger partial charge in [0.05, 0.1) is 17.6 Å². The van der Waals surface area contributed by atoms with Gasteiger partial charge in [-0.15, -0.1) is 0 Å². The predicted molar refractivity (Wildman–Crippen MR) is 114 cm³/mol. The number of aromatic nitrogens is 3. The van der Waals surface area contributed by atoms with Crippen molar-refractivity contribution >= 4 is 5.97 Å². The molecule has 1 heterocycles. The molecule has 0 radical (unpaired) electrons. The first-order valence-corrected chi connectivity index (χ1v) is 9.71. The van der Waals surface area contributed by atoms with Crippen LogP contribution in [0.5, 0.6) is 0 Å². The highest BCUT2D eigenvalue weighted by Crippen LogP contribution is 2.24. The lowest BCUT2D eigenvalue weighted by atomic mass is 9.99. The van der Waals surface area contributed by atoms with Gasteiger partial charge in [0, 0.05) is 5.92 Å². The zero-order valence-electron chi connectivity index (χ0n) is 17.5.